The number of ether oxygens (including phenoxy) is 1. The highest BCUT2D eigenvalue weighted by Crippen LogP contribution is 2.43. The van der Waals surface area contributed by atoms with Crippen LogP contribution in [0.5, 0.6) is 0 Å². The maximum absolute atomic E-state index is 13.1. The molecule has 0 radical (unpaired) electrons. The van der Waals surface area contributed by atoms with Gasteiger partial charge in [-0.3, -0.25) is 4.79 Å². The lowest BCUT2D eigenvalue weighted by molar-refractivity contribution is -0.118. The first-order valence-corrected chi connectivity index (χ1v) is 7.84. The van der Waals surface area contributed by atoms with Gasteiger partial charge in [-0.1, -0.05) is 24.3 Å². The maximum Gasteiger partial charge on any atom is 0.339 e. The van der Waals surface area contributed by atoms with Crippen molar-refractivity contribution < 1.29 is 18.7 Å². The number of esters is 1. The lowest BCUT2D eigenvalue weighted by atomic mass is 9.93. The molecule has 0 heterocycles. The van der Waals surface area contributed by atoms with E-state index in [-0.39, 0.29) is 23.6 Å². The first-order valence-electron chi connectivity index (χ1n) is 7.84. The van der Waals surface area contributed by atoms with Gasteiger partial charge in [0.15, 0.2) is 0 Å². The number of halogens is 1. The second-order valence-electron chi connectivity index (χ2n) is 5.89. The third kappa shape index (κ3) is 3.45. The molecular formula is C19H18FNO3. The number of amides is 1. The van der Waals surface area contributed by atoms with E-state index < -0.39 is 5.97 Å². The summed E-state index contributed by atoms with van der Waals surface area (Å²) < 4.78 is 17.9. The first-order chi connectivity index (χ1) is 11.6. The molecule has 2 aromatic carbocycles. The van der Waals surface area contributed by atoms with Crippen molar-refractivity contribution in [3.8, 4) is 0 Å². The third-order valence-electron chi connectivity index (χ3n) is 4.20. The van der Waals surface area contributed by atoms with E-state index in [4.69, 9.17) is 4.74 Å². The standard InChI is InChI=1S/C19H18FNO3/c1-24-19(23)15-4-2-3-5-16(15)21-18(22)17(12-6-7-12)13-8-10-14(20)11-9-13/h2-5,8-12,17H,6-7H2,1H3,(H,21,22). The predicted molar refractivity (Wildman–Crippen MR) is 88.3 cm³/mol. The van der Waals surface area contributed by atoms with Gasteiger partial charge >= 0.3 is 5.97 Å². The zero-order chi connectivity index (χ0) is 17.1. The maximum atomic E-state index is 13.1. The topological polar surface area (TPSA) is 55.4 Å². The average Bonchev–Trinajstić information content (AvgIpc) is 3.41. The number of nitrogens with one attached hydrogen (secondary N) is 1. The molecule has 3 rings (SSSR count). The largest absolute Gasteiger partial charge is 0.465 e. The minimum Gasteiger partial charge on any atom is -0.465 e. The second-order valence-corrected chi connectivity index (χ2v) is 5.89. The van der Waals surface area contributed by atoms with E-state index in [0.29, 0.717) is 11.3 Å². The van der Waals surface area contributed by atoms with Gasteiger partial charge in [0.1, 0.15) is 5.82 Å². The van der Waals surface area contributed by atoms with Crippen LogP contribution in [-0.2, 0) is 9.53 Å². The zero-order valence-electron chi connectivity index (χ0n) is 13.3. The SMILES string of the molecule is COC(=O)c1ccccc1NC(=O)C(c1ccc(F)cc1)C1CC1. The molecule has 1 saturated carbocycles. The van der Waals surface area contributed by atoms with Crippen LogP contribution in [0.4, 0.5) is 10.1 Å². The van der Waals surface area contributed by atoms with Crippen LogP contribution in [0.15, 0.2) is 48.5 Å². The van der Waals surface area contributed by atoms with Crippen LogP contribution in [0.3, 0.4) is 0 Å². The van der Waals surface area contributed by atoms with Crippen LogP contribution in [0.2, 0.25) is 0 Å². The molecule has 1 atom stereocenters. The Morgan fingerprint density at radius 2 is 1.79 bits per heavy atom. The first kappa shape index (κ1) is 16.2. The number of carbonyl (C=O) groups is 2. The highest BCUT2D eigenvalue weighted by Gasteiger charge is 2.37. The predicted octanol–water partition coefficient (Wildman–Crippen LogP) is 3.74. The Morgan fingerprint density at radius 3 is 2.42 bits per heavy atom. The summed E-state index contributed by atoms with van der Waals surface area (Å²) >= 11 is 0. The summed E-state index contributed by atoms with van der Waals surface area (Å²) in [4.78, 5) is 24.6. The normalized spacial score (nSPS) is 14.8. The van der Waals surface area contributed by atoms with Gasteiger partial charge in [0.25, 0.3) is 0 Å². The van der Waals surface area contributed by atoms with E-state index in [0.717, 1.165) is 18.4 Å². The molecule has 0 saturated heterocycles. The van der Waals surface area contributed by atoms with Crippen LogP contribution in [0.25, 0.3) is 0 Å². The molecule has 1 fully saturated rings. The Bertz CT molecular complexity index is 753. The Kier molecular flexibility index (Phi) is 4.60. The monoisotopic (exact) mass is 327 g/mol. The van der Waals surface area contributed by atoms with Crippen LogP contribution < -0.4 is 5.32 Å². The minimum absolute atomic E-state index is 0.194. The fraction of sp³-hybridized carbons (Fsp3) is 0.263. The summed E-state index contributed by atoms with van der Waals surface area (Å²) in [7, 11) is 1.30. The Labute approximate surface area is 139 Å². The number of rotatable bonds is 5. The third-order valence-corrected chi connectivity index (χ3v) is 4.20. The highest BCUT2D eigenvalue weighted by atomic mass is 19.1. The quantitative estimate of drug-likeness (QED) is 0.851. The van der Waals surface area contributed by atoms with Crippen LogP contribution >= 0.6 is 0 Å². The summed E-state index contributed by atoms with van der Waals surface area (Å²) in [5, 5.41) is 2.83. The molecule has 0 bridgehead atoms. The fourth-order valence-corrected chi connectivity index (χ4v) is 2.83. The lowest BCUT2D eigenvalue weighted by Gasteiger charge is -2.18. The van der Waals surface area contributed by atoms with Gasteiger partial charge in [-0.15, -0.1) is 0 Å². The summed E-state index contributed by atoms with van der Waals surface area (Å²) in [5.74, 6) is -1.13. The number of hydrogen-bond acceptors (Lipinski definition) is 3. The van der Waals surface area contributed by atoms with Crippen molar-refractivity contribution in [2.24, 2.45) is 5.92 Å². The fourth-order valence-electron chi connectivity index (χ4n) is 2.83. The summed E-state index contributed by atoms with van der Waals surface area (Å²) in [6, 6.07) is 12.7. The molecule has 1 amide bonds. The van der Waals surface area contributed by atoms with Gasteiger partial charge in [0.05, 0.1) is 24.3 Å². The van der Waals surface area contributed by atoms with Crippen molar-refractivity contribution in [2.75, 3.05) is 12.4 Å². The van der Waals surface area contributed by atoms with Crippen molar-refractivity contribution in [3.63, 3.8) is 0 Å². The lowest BCUT2D eigenvalue weighted by Crippen LogP contribution is -2.24. The van der Waals surface area contributed by atoms with E-state index in [2.05, 4.69) is 5.32 Å². The molecule has 4 nitrogen and oxygen atoms in total. The molecule has 1 N–H and O–H groups in total. The van der Waals surface area contributed by atoms with E-state index >= 15 is 0 Å². The summed E-state index contributed by atoms with van der Waals surface area (Å²) in [6.45, 7) is 0. The molecule has 0 aromatic heterocycles. The summed E-state index contributed by atoms with van der Waals surface area (Å²) in [6.07, 6.45) is 1.93. The van der Waals surface area contributed by atoms with Crippen molar-refractivity contribution in [1.29, 1.82) is 0 Å². The number of methoxy groups -OCH3 is 1. The Morgan fingerprint density at radius 1 is 1.12 bits per heavy atom. The van der Waals surface area contributed by atoms with Gasteiger partial charge in [-0.2, -0.15) is 0 Å². The van der Waals surface area contributed by atoms with Crippen LogP contribution in [-0.4, -0.2) is 19.0 Å². The second kappa shape index (κ2) is 6.83. The number of hydrogen-bond donors (Lipinski definition) is 1. The van der Waals surface area contributed by atoms with Gasteiger partial charge in [0, 0.05) is 0 Å². The molecule has 0 aliphatic heterocycles. The molecule has 1 aliphatic rings. The van der Waals surface area contributed by atoms with E-state index in [1.54, 1.807) is 36.4 Å². The van der Waals surface area contributed by atoms with Crippen molar-refractivity contribution >= 4 is 17.6 Å². The summed E-state index contributed by atoms with van der Waals surface area (Å²) in [5.41, 5.74) is 1.51. The van der Waals surface area contributed by atoms with Gasteiger partial charge < -0.3 is 10.1 Å². The van der Waals surface area contributed by atoms with Gasteiger partial charge in [-0.05, 0) is 48.6 Å². The number of para-hydroxylation sites is 1. The highest BCUT2D eigenvalue weighted by molar-refractivity contribution is 6.03. The molecule has 124 valence electrons. The minimum atomic E-state index is -0.504. The molecule has 24 heavy (non-hydrogen) atoms. The number of anilines is 1. The van der Waals surface area contributed by atoms with Crippen molar-refractivity contribution in [2.45, 2.75) is 18.8 Å². The van der Waals surface area contributed by atoms with Crippen molar-refractivity contribution in [3.05, 3.63) is 65.5 Å². The molecule has 2 aromatic rings. The van der Waals surface area contributed by atoms with Crippen LogP contribution in [0.1, 0.15) is 34.7 Å². The van der Waals surface area contributed by atoms with Crippen molar-refractivity contribution in [1.82, 2.24) is 0 Å². The smallest absolute Gasteiger partial charge is 0.339 e. The van der Waals surface area contributed by atoms with Crippen LogP contribution in [0, 0.1) is 11.7 Å². The molecule has 0 spiro atoms. The molecule has 1 aliphatic carbocycles. The molecule has 5 heteroatoms. The van der Waals surface area contributed by atoms with E-state index in [9.17, 15) is 14.0 Å². The number of benzene rings is 2. The average molecular weight is 327 g/mol. The van der Waals surface area contributed by atoms with E-state index in [1.165, 1.54) is 19.2 Å². The Hall–Kier alpha value is -2.69. The Balaban J connectivity index is 1.85. The number of carbonyl (C=O) groups excluding carboxylic acids is 2. The molecular weight excluding hydrogens is 309 g/mol. The van der Waals surface area contributed by atoms with Gasteiger partial charge in [-0.25, -0.2) is 9.18 Å². The molecule has 1 unspecified atom stereocenters. The van der Waals surface area contributed by atoms with Gasteiger partial charge in [0.2, 0.25) is 5.91 Å². The van der Waals surface area contributed by atoms with E-state index in [1.807, 2.05) is 0 Å². The zero-order valence-corrected chi connectivity index (χ0v) is 13.3.